The maximum Gasteiger partial charge on any atom is 0.193 e. The fourth-order valence-corrected chi connectivity index (χ4v) is 3.99. The smallest absolute Gasteiger partial charge is 0.193 e. The van der Waals surface area contributed by atoms with E-state index < -0.39 is 0 Å². The van der Waals surface area contributed by atoms with Gasteiger partial charge < -0.3 is 15.0 Å². The van der Waals surface area contributed by atoms with Gasteiger partial charge in [-0.3, -0.25) is 4.99 Å². The molecule has 1 aliphatic carbocycles. The number of hydrogen-bond donors (Lipinski definition) is 1. The van der Waals surface area contributed by atoms with E-state index in [1.54, 1.807) is 19.2 Å². The Morgan fingerprint density at radius 2 is 2.12 bits per heavy atom. The van der Waals surface area contributed by atoms with Gasteiger partial charge in [-0.2, -0.15) is 0 Å². The molecule has 2 fully saturated rings. The second-order valence-corrected chi connectivity index (χ2v) is 7.37. The van der Waals surface area contributed by atoms with E-state index in [9.17, 15) is 4.39 Å². The van der Waals surface area contributed by atoms with Crippen LogP contribution < -0.4 is 5.32 Å². The lowest BCUT2D eigenvalue weighted by atomic mass is 9.64. The minimum Gasteiger partial charge on any atom is -0.384 e. The van der Waals surface area contributed by atoms with Crippen LogP contribution in [0.5, 0.6) is 0 Å². The van der Waals surface area contributed by atoms with E-state index in [-0.39, 0.29) is 11.2 Å². The summed E-state index contributed by atoms with van der Waals surface area (Å²) in [5.74, 6) is 1.43. The van der Waals surface area contributed by atoms with Gasteiger partial charge in [-0.25, -0.2) is 4.39 Å². The summed E-state index contributed by atoms with van der Waals surface area (Å²) >= 11 is 0. The first kappa shape index (κ1) is 18.2. The molecule has 1 saturated heterocycles. The maximum atomic E-state index is 13.3. The number of likely N-dealkylation sites (tertiary alicyclic amines) is 1. The van der Waals surface area contributed by atoms with Crippen molar-refractivity contribution in [2.75, 3.05) is 39.9 Å². The molecule has 1 aliphatic heterocycles. The Labute approximate surface area is 150 Å². The minimum absolute atomic E-state index is 0.0834. The summed E-state index contributed by atoms with van der Waals surface area (Å²) in [5.41, 5.74) is 1.30. The maximum absolute atomic E-state index is 13.3. The Bertz CT molecular complexity index is 583. The van der Waals surface area contributed by atoms with E-state index in [0.717, 1.165) is 58.0 Å². The van der Waals surface area contributed by atoms with Gasteiger partial charge >= 0.3 is 0 Å². The third kappa shape index (κ3) is 4.14. The highest BCUT2D eigenvalue weighted by Gasteiger charge is 2.39. The van der Waals surface area contributed by atoms with Crippen LogP contribution in [-0.4, -0.2) is 50.8 Å². The van der Waals surface area contributed by atoms with Crippen LogP contribution in [0.3, 0.4) is 0 Å². The largest absolute Gasteiger partial charge is 0.384 e. The first-order valence-electron chi connectivity index (χ1n) is 9.45. The van der Waals surface area contributed by atoms with Crippen molar-refractivity contribution in [3.8, 4) is 0 Å². The van der Waals surface area contributed by atoms with E-state index in [1.165, 1.54) is 12.0 Å². The van der Waals surface area contributed by atoms with E-state index >= 15 is 0 Å². The molecule has 1 N–H and O–H groups in total. The van der Waals surface area contributed by atoms with Crippen LogP contribution in [0, 0.1) is 11.7 Å². The van der Waals surface area contributed by atoms with Crippen molar-refractivity contribution in [2.24, 2.45) is 10.9 Å². The van der Waals surface area contributed by atoms with E-state index in [4.69, 9.17) is 9.73 Å². The minimum atomic E-state index is -0.170. The fraction of sp³-hybridized carbons (Fsp3) is 0.650. The Hall–Kier alpha value is -1.62. The number of hydrogen-bond acceptors (Lipinski definition) is 2. The van der Waals surface area contributed by atoms with Crippen molar-refractivity contribution in [1.82, 2.24) is 10.2 Å². The molecule has 1 unspecified atom stereocenters. The zero-order valence-corrected chi connectivity index (χ0v) is 15.4. The molecule has 1 saturated carbocycles. The van der Waals surface area contributed by atoms with Crippen LogP contribution in [0.1, 0.15) is 38.2 Å². The lowest BCUT2D eigenvalue weighted by Gasteiger charge is -2.41. The van der Waals surface area contributed by atoms with Crippen LogP contribution >= 0.6 is 0 Å². The molecular weight excluding hydrogens is 317 g/mol. The van der Waals surface area contributed by atoms with Gasteiger partial charge in [-0.1, -0.05) is 18.6 Å². The second-order valence-electron chi connectivity index (χ2n) is 7.37. The van der Waals surface area contributed by atoms with Gasteiger partial charge in [0, 0.05) is 38.1 Å². The van der Waals surface area contributed by atoms with Crippen LogP contribution in [0.4, 0.5) is 4.39 Å². The van der Waals surface area contributed by atoms with Crippen molar-refractivity contribution >= 4 is 5.96 Å². The molecule has 0 radical (unpaired) electrons. The molecular formula is C20H30FN3O. The highest BCUT2D eigenvalue weighted by molar-refractivity contribution is 5.80. The molecule has 1 heterocycles. The lowest BCUT2D eigenvalue weighted by molar-refractivity contribution is 0.157. The van der Waals surface area contributed by atoms with Gasteiger partial charge in [0.15, 0.2) is 5.96 Å². The quantitative estimate of drug-likeness (QED) is 0.634. The molecule has 4 nitrogen and oxygen atoms in total. The van der Waals surface area contributed by atoms with Crippen LogP contribution in [0.2, 0.25) is 0 Å². The van der Waals surface area contributed by atoms with Crippen LogP contribution in [0.25, 0.3) is 0 Å². The number of aliphatic imine (C=N–C) groups is 1. The number of guanidine groups is 1. The molecule has 3 rings (SSSR count). The van der Waals surface area contributed by atoms with Gasteiger partial charge in [0.05, 0.1) is 13.2 Å². The second kappa shape index (κ2) is 8.17. The molecule has 0 amide bonds. The van der Waals surface area contributed by atoms with Gasteiger partial charge in [0.2, 0.25) is 0 Å². The van der Waals surface area contributed by atoms with Gasteiger partial charge in [-0.15, -0.1) is 0 Å². The molecule has 1 aromatic rings. The molecule has 5 heteroatoms. The Morgan fingerprint density at radius 3 is 2.72 bits per heavy atom. The molecule has 0 aromatic heterocycles. The zero-order chi connectivity index (χ0) is 17.7. The summed E-state index contributed by atoms with van der Waals surface area (Å²) in [6, 6.07) is 7.00. The van der Waals surface area contributed by atoms with E-state index in [2.05, 4.69) is 17.1 Å². The third-order valence-corrected chi connectivity index (χ3v) is 5.62. The molecule has 1 atom stereocenters. The zero-order valence-electron chi connectivity index (χ0n) is 15.4. The molecule has 2 aliphatic rings. The summed E-state index contributed by atoms with van der Waals surface area (Å²) in [7, 11) is 1.77. The van der Waals surface area contributed by atoms with E-state index in [0.29, 0.717) is 5.92 Å². The summed E-state index contributed by atoms with van der Waals surface area (Å²) < 4.78 is 18.6. The predicted molar refractivity (Wildman–Crippen MR) is 99.5 cm³/mol. The van der Waals surface area contributed by atoms with Gasteiger partial charge in [0.25, 0.3) is 0 Å². The SMILES string of the molecule is CCNC(=NCC1(c2ccc(F)cc2)CCC1)N1CCC(COC)C1. The molecule has 1 aromatic carbocycles. The standard InChI is InChI=1S/C20H30FN3O/c1-3-22-19(24-12-9-16(13-24)14-25-2)23-15-20(10-4-11-20)17-5-7-18(21)8-6-17/h5-8,16H,3-4,9-15H2,1-2H3,(H,22,23). The fourth-order valence-electron chi connectivity index (χ4n) is 3.99. The first-order chi connectivity index (χ1) is 12.2. The van der Waals surface area contributed by atoms with Crippen molar-refractivity contribution in [1.29, 1.82) is 0 Å². The molecule has 138 valence electrons. The first-order valence-corrected chi connectivity index (χ1v) is 9.45. The van der Waals surface area contributed by atoms with Gasteiger partial charge in [0.1, 0.15) is 5.82 Å². The van der Waals surface area contributed by atoms with E-state index in [1.807, 2.05) is 12.1 Å². The number of nitrogens with zero attached hydrogens (tertiary/aromatic N) is 2. The number of nitrogens with one attached hydrogen (secondary N) is 1. The summed E-state index contributed by atoms with van der Waals surface area (Å²) in [6.45, 7) is 6.60. The van der Waals surface area contributed by atoms with Crippen LogP contribution in [0.15, 0.2) is 29.3 Å². The average molecular weight is 347 g/mol. The topological polar surface area (TPSA) is 36.9 Å². The van der Waals surface area contributed by atoms with Crippen molar-refractivity contribution in [3.63, 3.8) is 0 Å². The molecule has 25 heavy (non-hydrogen) atoms. The number of methoxy groups -OCH3 is 1. The summed E-state index contributed by atoms with van der Waals surface area (Å²) in [4.78, 5) is 7.33. The summed E-state index contributed by atoms with van der Waals surface area (Å²) in [6.07, 6.45) is 4.64. The molecule has 0 spiro atoms. The Kier molecular flexibility index (Phi) is 5.94. The average Bonchev–Trinajstić information content (AvgIpc) is 3.03. The monoisotopic (exact) mass is 347 g/mol. The highest BCUT2D eigenvalue weighted by Crippen LogP contribution is 2.44. The Morgan fingerprint density at radius 1 is 1.36 bits per heavy atom. The number of halogens is 1. The number of benzene rings is 1. The number of ether oxygens (including phenoxy) is 1. The van der Waals surface area contributed by atoms with Crippen LogP contribution in [-0.2, 0) is 10.2 Å². The Balaban J connectivity index is 1.71. The number of rotatable bonds is 6. The van der Waals surface area contributed by atoms with Crippen molar-refractivity contribution < 1.29 is 9.13 Å². The summed E-state index contributed by atoms with van der Waals surface area (Å²) in [5, 5.41) is 3.44. The lowest BCUT2D eigenvalue weighted by Crippen LogP contribution is -2.43. The van der Waals surface area contributed by atoms with Crippen molar-refractivity contribution in [3.05, 3.63) is 35.6 Å². The molecule has 0 bridgehead atoms. The normalized spacial score (nSPS) is 22.8. The highest BCUT2D eigenvalue weighted by atomic mass is 19.1. The van der Waals surface area contributed by atoms with Crippen molar-refractivity contribution in [2.45, 2.75) is 38.0 Å². The third-order valence-electron chi connectivity index (χ3n) is 5.62. The predicted octanol–water partition coefficient (Wildman–Crippen LogP) is 3.18. The van der Waals surface area contributed by atoms with Gasteiger partial charge in [-0.05, 0) is 43.9 Å².